The number of allylic oxidation sites excluding steroid dienone is 5. The van der Waals surface area contributed by atoms with E-state index >= 15 is 0 Å². The smallest absolute Gasteiger partial charge is 0.124 e. The van der Waals surface area contributed by atoms with Crippen LogP contribution in [0, 0.1) is 5.82 Å². The van der Waals surface area contributed by atoms with Crippen molar-refractivity contribution in [3.8, 4) is 22.5 Å². The fourth-order valence-electron chi connectivity index (χ4n) is 4.94. The van der Waals surface area contributed by atoms with Gasteiger partial charge in [-0.2, -0.15) is 14.5 Å². The lowest BCUT2D eigenvalue weighted by Gasteiger charge is -2.12. The van der Waals surface area contributed by atoms with Crippen molar-refractivity contribution in [1.82, 2.24) is 19.9 Å². The molecule has 5 aromatic rings. The first kappa shape index (κ1) is 27.4. The zero-order chi connectivity index (χ0) is 28.4. The Labute approximate surface area is 236 Å². The SMILES string of the molecule is C=C/C(=C\C(=C/C)c1ccc2[nH]nc(-c3cc4c(-c5cc(F)cc(CNS(=C)(=C)C)c5)cccc4[nH]3)c2c1)CC. The predicted octanol–water partition coefficient (Wildman–Crippen LogP) is 8.75. The summed E-state index contributed by atoms with van der Waals surface area (Å²) in [6.07, 6.45) is 9.10. The van der Waals surface area contributed by atoms with Crippen LogP contribution in [0.15, 0.2) is 91.0 Å². The van der Waals surface area contributed by atoms with E-state index in [1.165, 1.54) is 5.57 Å². The molecular formula is C34H35FN4S. The van der Waals surface area contributed by atoms with E-state index in [1.807, 2.05) is 43.5 Å². The molecule has 6 heteroatoms. The van der Waals surface area contributed by atoms with Crippen molar-refractivity contribution in [2.24, 2.45) is 0 Å². The molecule has 3 N–H and O–H groups in total. The summed E-state index contributed by atoms with van der Waals surface area (Å²) in [6.45, 7) is 8.63. The third-order valence-electron chi connectivity index (χ3n) is 7.03. The number of halogens is 1. The quantitative estimate of drug-likeness (QED) is 0.127. The summed E-state index contributed by atoms with van der Waals surface area (Å²) >= 11 is 0. The van der Waals surface area contributed by atoms with Gasteiger partial charge in [0.05, 0.1) is 11.2 Å². The predicted molar refractivity (Wildman–Crippen MR) is 176 cm³/mol. The minimum Gasteiger partial charge on any atom is -0.353 e. The molecule has 3 aromatic carbocycles. The first-order valence-electron chi connectivity index (χ1n) is 13.3. The molecule has 204 valence electrons. The largest absolute Gasteiger partial charge is 0.353 e. The molecule has 0 saturated heterocycles. The van der Waals surface area contributed by atoms with Gasteiger partial charge < -0.3 is 4.98 Å². The van der Waals surface area contributed by atoms with Crippen molar-refractivity contribution >= 4 is 48.5 Å². The molecule has 4 nitrogen and oxygen atoms in total. The van der Waals surface area contributed by atoms with Crippen LogP contribution in [-0.2, 0) is 6.54 Å². The number of benzene rings is 3. The van der Waals surface area contributed by atoms with Gasteiger partial charge in [-0.05, 0) is 95.5 Å². The summed E-state index contributed by atoms with van der Waals surface area (Å²) in [7, 11) is -1.40. The van der Waals surface area contributed by atoms with Gasteiger partial charge in [-0.1, -0.05) is 61.7 Å². The van der Waals surface area contributed by atoms with Crippen molar-refractivity contribution in [2.45, 2.75) is 26.8 Å². The Kier molecular flexibility index (Phi) is 7.66. The Morgan fingerprint density at radius 2 is 1.88 bits per heavy atom. The molecule has 2 aromatic heterocycles. The maximum atomic E-state index is 14.7. The van der Waals surface area contributed by atoms with Gasteiger partial charge in [0.1, 0.15) is 11.5 Å². The van der Waals surface area contributed by atoms with Crippen molar-refractivity contribution < 1.29 is 4.39 Å². The van der Waals surface area contributed by atoms with E-state index in [9.17, 15) is 4.39 Å². The minimum absolute atomic E-state index is 0.269. The first-order valence-corrected chi connectivity index (χ1v) is 15.7. The van der Waals surface area contributed by atoms with E-state index in [0.29, 0.717) is 6.54 Å². The molecule has 0 aliphatic carbocycles. The average Bonchev–Trinajstić information content (AvgIpc) is 3.55. The van der Waals surface area contributed by atoms with Crippen LogP contribution in [0.4, 0.5) is 4.39 Å². The van der Waals surface area contributed by atoms with Gasteiger partial charge in [0, 0.05) is 22.8 Å². The number of fused-ring (bicyclic) bond motifs is 2. The molecule has 2 heterocycles. The second-order valence-electron chi connectivity index (χ2n) is 10.2. The monoisotopic (exact) mass is 550 g/mol. The Bertz CT molecular complexity index is 1900. The van der Waals surface area contributed by atoms with E-state index in [1.54, 1.807) is 12.1 Å². The second kappa shape index (κ2) is 11.2. The summed E-state index contributed by atoms with van der Waals surface area (Å²) in [4.78, 5) is 3.55. The van der Waals surface area contributed by atoms with Gasteiger partial charge >= 0.3 is 0 Å². The Morgan fingerprint density at radius 1 is 1.05 bits per heavy atom. The van der Waals surface area contributed by atoms with Gasteiger partial charge in [0.2, 0.25) is 0 Å². The average molecular weight is 551 g/mol. The number of nitrogens with zero attached hydrogens (tertiary/aromatic N) is 1. The summed E-state index contributed by atoms with van der Waals surface area (Å²) in [5.74, 6) is 7.86. The molecule has 0 fully saturated rings. The van der Waals surface area contributed by atoms with Crippen LogP contribution in [-0.4, -0.2) is 33.2 Å². The number of hydrogen-bond acceptors (Lipinski definition) is 2. The molecular weight excluding hydrogens is 515 g/mol. The maximum Gasteiger partial charge on any atom is 0.124 e. The zero-order valence-electron chi connectivity index (χ0n) is 23.3. The van der Waals surface area contributed by atoms with Crippen molar-refractivity contribution in [1.29, 1.82) is 0 Å². The number of aromatic nitrogens is 3. The lowest BCUT2D eigenvalue weighted by molar-refractivity contribution is 0.625. The van der Waals surface area contributed by atoms with Gasteiger partial charge in [0.15, 0.2) is 0 Å². The molecule has 0 bridgehead atoms. The second-order valence-corrected chi connectivity index (χ2v) is 13.1. The molecule has 0 atom stereocenters. The van der Waals surface area contributed by atoms with E-state index in [2.05, 4.69) is 81.6 Å². The number of rotatable bonds is 9. The molecule has 0 saturated carbocycles. The van der Waals surface area contributed by atoms with Gasteiger partial charge in [-0.3, -0.25) is 9.82 Å². The third kappa shape index (κ3) is 5.74. The first-order chi connectivity index (χ1) is 19.2. The molecule has 0 unspecified atom stereocenters. The highest BCUT2D eigenvalue weighted by atomic mass is 32.2. The van der Waals surface area contributed by atoms with E-state index in [0.717, 1.165) is 67.4 Å². The maximum absolute atomic E-state index is 14.7. The van der Waals surface area contributed by atoms with E-state index < -0.39 is 9.39 Å². The molecule has 0 radical (unpaired) electrons. The van der Waals surface area contributed by atoms with Crippen LogP contribution >= 0.6 is 9.39 Å². The summed E-state index contributed by atoms with van der Waals surface area (Å²) < 4.78 is 18.0. The highest BCUT2D eigenvalue weighted by molar-refractivity contribution is 8.25. The Balaban J connectivity index is 1.58. The summed E-state index contributed by atoms with van der Waals surface area (Å²) in [5.41, 5.74) is 9.75. The van der Waals surface area contributed by atoms with Crippen LogP contribution in [0.5, 0.6) is 0 Å². The van der Waals surface area contributed by atoms with Crippen LogP contribution in [0.1, 0.15) is 31.4 Å². The van der Waals surface area contributed by atoms with Crippen LogP contribution in [0.2, 0.25) is 0 Å². The zero-order valence-corrected chi connectivity index (χ0v) is 24.1. The standard InChI is InChI=1S/C34H35FN4S/c1-7-22(8-2)15-24(9-3)25-13-14-32-30(19-25)34(39-38-32)33-20-29-28(11-10-12-31(29)37-33)26-16-23(17-27(35)18-26)21-36-40(4,5)6/h7,9-20,36-37H,1,4-5,8,21H2,2-3,6H3,(H,38,39)/b22-15+,24-9+. The molecule has 40 heavy (non-hydrogen) atoms. The minimum atomic E-state index is -1.40. The molecule has 0 aliphatic rings. The fourth-order valence-corrected chi connectivity index (χ4v) is 5.45. The Hall–Kier alpha value is -4.13. The van der Waals surface area contributed by atoms with E-state index in [4.69, 9.17) is 0 Å². The highest BCUT2D eigenvalue weighted by Gasteiger charge is 2.15. The highest BCUT2D eigenvalue weighted by Crippen LogP contribution is 2.35. The molecule has 5 rings (SSSR count). The Morgan fingerprint density at radius 3 is 2.60 bits per heavy atom. The van der Waals surface area contributed by atoms with Crippen molar-refractivity contribution in [3.63, 3.8) is 0 Å². The van der Waals surface area contributed by atoms with Crippen LogP contribution in [0.3, 0.4) is 0 Å². The third-order valence-corrected chi connectivity index (χ3v) is 7.87. The lowest BCUT2D eigenvalue weighted by Crippen LogP contribution is -2.08. The van der Waals surface area contributed by atoms with Gasteiger partial charge in [-0.15, -0.1) is 0 Å². The number of nitrogens with one attached hydrogen (secondary N) is 3. The van der Waals surface area contributed by atoms with Gasteiger partial charge in [-0.25, -0.2) is 4.39 Å². The fraction of sp³-hybridized carbons (Fsp3) is 0.147. The topological polar surface area (TPSA) is 56.5 Å². The normalized spacial score (nSPS) is 12.9. The van der Waals surface area contributed by atoms with Gasteiger partial charge in [0.25, 0.3) is 0 Å². The molecule has 0 amide bonds. The number of hydrogen-bond donors (Lipinski definition) is 3. The summed E-state index contributed by atoms with van der Waals surface area (Å²) in [6, 6.07) is 19.7. The lowest BCUT2D eigenvalue weighted by atomic mass is 9.98. The molecule has 0 spiro atoms. The van der Waals surface area contributed by atoms with Crippen LogP contribution in [0.25, 0.3) is 49.9 Å². The number of aromatic amines is 2. The van der Waals surface area contributed by atoms with Crippen molar-refractivity contribution in [3.05, 3.63) is 108 Å². The summed E-state index contributed by atoms with van der Waals surface area (Å²) in [5, 5.41) is 9.89. The van der Waals surface area contributed by atoms with E-state index in [-0.39, 0.29) is 5.82 Å². The number of H-pyrrole nitrogens is 2. The van der Waals surface area contributed by atoms with Crippen LogP contribution < -0.4 is 4.72 Å². The molecule has 0 aliphatic heterocycles. The van der Waals surface area contributed by atoms with Crippen molar-refractivity contribution in [2.75, 3.05) is 6.26 Å².